The second kappa shape index (κ2) is 15.0. The van der Waals surface area contributed by atoms with E-state index in [9.17, 15) is 38.4 Å². The topological polar surface area (TPSA) is 210 Å². The van der Waals surface area contributed by atoms with E-state index >= 15 is 0 Å². The zero-order chi connectivity index (χ0) is 33.5. The summed E-state index contributed by atoms with van der Waals surface area (Å²) in [6.45, 7) is 7.58. The highest BCUT2D eigenvalue weighted by atomic mass is 16.7. The van der Waals surface area contributed by atoms with E-state index < -0.39 is 113 Å². The maximum Gasteiger partial charge on any atom is 0.308 e. The highest BCUT2D eigenvalue weighted by molar-refractivity contribution is 6.02. The molecule has 16 nitrogen and oxygen atoms in total. The molecule has 0 spiro atoms. The summed E-state index contributed by atoms with van der Waals surface area (Å²) in [4.78, 5) is 97.7. The largest absolute Gasteiger partial charge is 0.463 e. The third kappa shape index (κ3) is 9.32. The molecule has 0 N–H and O–H groups in total. The first-order valence-electron chi connectivity index (χ1n) is 13.0. The first-order valence-corrected chi connectivity index (χ1v) is 13.0. The number of carbonyl (C=O) groups is 8. The Bertz CT molecular complexity index is 1360. The summed E-state index contributed by atoms with van der Waals surface area (Å²) in [5.41, 5.74) is -0.886. The Labute approximate surface area is 251 Å². The summed E-state index contributed by atoms with van der Waals surface area (Å²) in [7, 11) is 0. The molecule has 0 aromatic heterocycles. The van der Waals surface area contributed by atoms with E-state index in [2.05, 4.69) is 0 Å². The van der Waals surface area contributed by atoms with Crippen LogP contribution in [0.25, 0.3) is 0 Å². The molecule has 1 fully saturated rings. The second-order valence-corrected chi connectivity index (χ2v) is 9.45. The van der Waals surface area contributed by atoms with Crippen molar-refractivity contribution in [1.29, 1.82) is 0 Å². The Morgan fingerprint density at radius 3 is 1.52 bits per heavy atom. The van der Waals surface area contributed by atoms with Crippen molar-refractivity contribution in [2.24, 2.45) is 0 Å². The molecule has 1 saturated heterocycles. The van der Waals surface area contributed by atoms with Gasteiger partial charge in [0.2, 0.25) is 0 Å². The summed E-state index contributed by atoms with van der Waals surface area (Å²) in [6.07, 6.45) is -8.14. The normalized spacial score (nSPS) is 20.8. The van der Waals surface area contributed by atoms with Crippen LogP contribution in [0.2, 0.25) is 0 Å². The minimum atomic E-state index is -1.75. The van der Waals surface area contributed by atoms with Crippen LogP contribution in [-0.4, -0.2) is 78.6 Å². The molecule has 0 saturated carbocycles. The minimum Gasteiger partial charge on any atom is -0.463 e. The van der Waals surface area contributed by atoms with Crippen LogP contribution in [0, 0.1) is 0 Å². The molecule has 0 amide bonds. The summed E-state index contributed by atoms with van der Waals surface area (Å²) in [6, 6.07) is 0.968. The fourth-order valence-corrected chi connectivity index (χ4v) is 4.42. The average Bonchev–Trinajstić information content (AvgIpc) is 2.83. The summed E-state index contributed by atoms with van der Waals surface area (Å²) >= 11 is 0. The van der Waals surface area contributed by atoms with E-state index in [-0.39, 0.29) is 0 Å². The zero-order valence-corrected chi connectivity index (χ0v) is 25.2. The number of carbonyl (C=O) groups excluding carboxylic acids is 8. The van der Waals surface area contributed by atoms with Crippen LogP contribution in [0.3, 0.4) is 0 Å². The van der Waals surface area contributed by atoms with Crippen molar-refractivity contribution in [3.05, 3.63) is 17.2 Å². The number of rotatable bonds is 10. The number of hydrogen-bond donors (Lipinski definition) is 0. The molecule has 1 aliphatic rings. The molecule has 0 radical (unpaired) electrons. The van der Waals surface area contributed by atoms with Crippen molar-refractivity contribution in [2.75, 3.05) is 6.61 Å². The maximum atomic E-state index is 12.9. The van der Waals surface area contributed by atoms with Gasteiger partial charge in [-0.15, -0.1) is 0 Å². The van der Waals surface area contributed by atoms with Gasteiger partial charge >= 0.3 is 41.8 Å². The van der Waals surface area contributed by atoms with Gasteiger partial charge in [-0.2, -0.15) is 0 Å². The lowest BCUT2D eigenvalue weighted by atomic mass is 9.88. The Kier molecular flexibility index (Phi) is 12.1. The summed E-state index contributed by atoms with van der Waals surface area (Å²) in [5, 5.41) is 0. The van der Waals surface area contributed by atoms with E-state index in [4.69, 9.17) is 37.9 Å². The molecule has 1 aromatic carbocycles. The van der Waals surface area contributed by atoms with Gasteiger partial charge in [-0.1, -0.05) is 0 Å². The van der Waals surface area contributed by atoms with Crippen molar-refractivity contribution in [2.45, 2.75) is 85.9 Å². The number of hydrogen-bond acceptors (Lipinski definition) is 16. The lowest BCUT2D eigenvalue weighted by Gasteiger charge is -2.45. The molecule has 240 valence electrons. The lowest BCUT2D eigenvalue weighted by Crippen LogP contribution is -2.59. The van der Waals surface area contributed by atoms with Crippen LogP contribution in [0.5, 0.6) is 17.2 Å². The van der Waals surface area contributed by atoms with Crippen LogP contribution in [0.4, 0.5) is 0 Å². The van der Waals surface area contributed by atoms with E-state index in [0.717, 1.165) is 61.5 Å². The Morgan fingerprint density at radius 1 is 0.591 bits per heavy atom. The third-order valence-corrected chi connectivity index (χ3v) is 5.63. The van der Waals surface area contributed by atoms with Crippen molar-refractivity contribution < 1.29 is 76.3 Å². The molecule has 16 heteroatoms. The van der Waals surface area contributed by atoms with E-state index in [1.165, 1.54) is 0 Å². The van der Waals surface area contributed by atoms with Crippen LogP contribution in [0.15, 0.2) is 6.07 Å². The fourth-order valence-electron chi connectivity index (χ4n) is 4.42. The van der Waals surface area contributed by atoms with Gasteiger partial charge in [0.05, 0.1) is 5.56 Å². The smallest absolute Gasteiger partial charge is 0.308 e. The van der Waals surface area contributed by atoms with E-state index in [1.807, 2.05) is 0 Å². The molecule has 44 heavy (non-hydrogen) atoms. The van der Waals surface area contributed by atoms with Crippen molar-refractivity contribution >= 4 is 47.6 Å². The van der Waals surface area contributed by atoms with Gasteiger partial charge in [-0.25, -0.2) is 0 Å². The molecule has 1 aromatic rings. The van der Waals surface area contributed by atoms with Gasteiger partial charge in [0.15, 0.2) is 29.8 Å². The minimum absolute atomic E-state index is 0.408. The first-order chi connectivity index (χ1) is 20.4. The molecule has 0 bridgehead atoms. The Balaban J connectivity index is 3.09. The molecule has 5 atom stereocenters. The predicted octanol–water partition coefficient (Wildman–Crippen LogP) is 1.46. The van der Waals surface area contributed by atoms with Gasteiger partial charge in [-0.3, -0.25) is 38.4 Å². The zero-order valence-electron chi connectivity index (χ0n) is 25.2. The number of ketones is 1. The third-order valence-electron chi connectivity index (χ3n) is 5.63. The monoisotopic (exact) mass is 624 g/mol. The second-order valence-electron chi connectivity index (χ2n) is 9.45. The molecular formula is C28H32O16. The summed E-state index contributed by atoms with van der Waals surface area (Å²) < 4.78 is 43.4. The molecule has 0 unspecified atom stereocenters. The fraction of sp³-hybridized carbons (Fsp3) is 0.500. The van der Waals surface area contributed by atoms with Crippen molar-refractivity contribution in [1.82, 2.24) is 0 Å². The highest BCUT2D eigenvalue weighted by Crippen LogP contribution is 2.49. The molecule has 0 aliphatic carbocycles. The van der Waals surface area contributed by atoms with Crippen LogP contribution >= 0.6 is 0 Å². The lowest BCUT2D eigenvalue weighted by molar-refractivity contribution is -0.254. The average molecular weight is 625 g/mol. The summed E-state index contributed by atoms with van der Waals surface area (Å²) in [5.74, 6) is -8.72. The standard InChI is InChI=1S/C28H32O16/c1-11(29)22-19(38-13(3)31)9-20(39-14(4)32)23(25(22)41-16(6)34)26-28(43-18(8)36)27(42-17(7)35)24(40-15(5)33)21(44-26)10-37-12(2)30/h9,21,24,26-28H,10H2,1-8H3/t21-,24-,26+,27+,28+/m1/s1. The van der Waals surface area contributed by atoms with Crippen LogP contribution in [-0.2, 0) is 57.2 Å². The molecular weight excluding hydrogens is 592 g/mol. The Morgan fingerprint density at radius 2 is 1.07 bits per heavy atom. The van der Waals surface area contributed by atoms with Crippen LogP contribution in [0.1, 0.15) is 77.4 Å². The maximum absolute atomic E-state index is 12.9. The molecule has 1 aliphatic heterocycles. The number of benzene rings is 1. The van der Waals surface area contributed by atoms with Gasteiger partial charge in [0, 0.05) is 54.5 Å². The predicted molar refractivity (Wildman–Crippen MR) is 141 cm³/mol. The Hall–Kier alpha value is -4.86. The first kappa shape index (κ1) is 35.3. The SMILES string of the molecule is CC(=O)OC[C@H]1O[C@@H](c2c(OC(C)=O)cc(OC(C)=O)c(C(C)=O)c2OC(C)=O)[C@H](OC(C)=O)[C@@H](OC(C)=O)[C@@H]1OC(C)=O. The molecule has 1 heterocycles. The number of esters is 7. The number of Topliss-reactive ketones (excluding diaryl/α,β-unsaturated/α-hetero) is 1. The van der Waals surface area contributed by atoms with Gasteiger partial charge in [0.1, 0.15) is 35.9 Å². The molecule has 2 rings (SSSR count). The van der Waals surface area contributed by atoms with Crippen LogP contribution < -0.4 is 14.2 Å². The van der Waals surface area contributed by atoms with E-state index in [1.54, 1.807) is 0 Å². The van der Waals surface area contributed by atoms with Gasteiger partial charge in [-0.05, 0) is 6.92 Å². The van der Waals surface area contributed by atoms with Gasteiger partial charge < -0.3 is 37.9 Å². The van der Waals surface area contributed by atoms with E-state index in [0.29, 0.717) is 0 Å². The highest BCUT2D eigenvalue weighted by Gasteiger charge is 2.54. The van der Waals surface area contributed by atoms with Crippen molar-refractivity contribution in [3.8, 4) is 17.2 Å². The van der Waals surface area contributed by atoms with Crippen molar-refractivity contribution in [3.63, 3.8) is 0 Å². The van der Waals surface area contributed by atoms with Gasteiger partial charge in [0.25, 0.3) is 0 Å². The number of ether oxygens (including phenoxy) is 8. The quantitative estimate of drug-likeness (QED) is 0.156.